The fraction of sp³-hybridized carbons (Fsp3) is 0.400. The first kappa shape index (κ1) is 21.1. The van der Waals surface area contributed by atoms with E-state index in [0.717, 1.165) is 30.6 Å². The molecule has 162 valence electrons. The number of rotatable bonds is 6. The first-order chi connectivity index (χ1) is 15.0. The van der Waals surface area contributed by atoms with Crippen LogP contribution >= 0.6 is 0 Å². The molecule has 0 spiro atoms. The highest BCUT2D eigenvalue weighted by atomic mass is 16.2. The molecule has 1 N–H and O–H groups in total. The molecule has 6 nitrogen and oxygen atoms in total. The fourth-order valence-electron chi connectivity index (χ4n) is 4.57. The number of aromatic nitrogens is 2. The number of piperidine rings is 1. The van der Waals surface area contributed by atoms with Crippen LogP contribution in [0, 0.1) is 0 Å². The van der Waals surface area contributed by atoms with Gasteiger partial charge in [-0.25, -0.2) is 4.98 Å². The van der Waals surface area contributed by atoms with Gasteiger partial charge < -0.3 is 14.6 Å². The first-order valence-electron chi connectivity index (χ1n) is 11.1. The number of hydrogen-bond donors (Lipinski definition) is 1. The molecule has 0 atom stereocenters. The van der Waals surface area contributed by atoms with Gasteiger partial charge in [0.05, 0.1) is 5.69 Å². The minimum Gasteiger partial charge on any atom is -0.356 e. The number of likely N-dealkylation sites (tertiary alicyclic amines) is 1. The lowest BCUT2D eigenvalue weighted by molar-refractivity contribution is -0.132. The van der Waals surface area contributed by atoms with E-state index < -0.39 is 0 Å². The summed E-state index contributed by atoms with van der Waals surface area (Å²) in [5.74, 6) is -0.00869. The standard InChI is InChI=1S/C25H30N4O2/c1-3-20-10-14-29-18-22(27-23(29)17-20)25(21-7-5-4-6-8-21)11-15-28(16-12-25)24(31)9-13-26-19(2)30/h4-8,10,14,17-18H,3,9,11-13,15-16H2,1-2H3,(H,26,30). The number of aryl methyl sites for hydroxylation is 1. The molecule has 6 heteroatoms. The normalized spacial score (nSPS) is 15.7. The number of hydrogen-bond acceptors (Lipinski definition) is 3. The maximum atomic E-state index is 12.6. The lowest BCUT2D eigenvalue weighted by Gasteiger charge is -2.41. The summed E-state index contributed by atoms with van der Waals surface area (Å²) >= 11 is 0. The van der Waals surface area contributed by atoms with Crippen molar-refractivity contribution in [2.75, 3.05) is 19.6 Å². The number of nitrogens with one attached hydrogen (secondary N) is 1. The van der Waals surface area contributed by atoms with E-state index >= 15 is 0 Å². The molecule has 3 aromatic rings. The number of nitrogens with zero attached hydrogens (tertiary/aromatic N) is 3. The molecule has 2 amide bonds. The largest absolute Gasteiger partial charge is 0.356 e. The molecular weight excluding hydrogens is 388 g/mol. The summed E-state index contributed by atoms with van der Waals surface area (Å²) in [4.78, 5) is 30.7. The maximum Gasteiger partial charge on any atom is 0.224 e. The zero-order valence-corrected chi connectivity index (χ0v) is 18.3. The van der Waals surface area contributed by atoms with Crippen LogP contribution in [0.3, 0.4) is 0 Å². The van der Waals surface area contributed by atoms with Gasteiger partial charge in [0.25, 0.3) is 0 Å². The number of benzene rings is 1. The number of pyridine rings is 1. The van der Waals surface area contributed by atoms with Crippen LogP contribution in [-0.4, -0.2) is 45.7 Å². The van der Waals surface area contributed by atoms with Crippen molar-refractivity contribution in [3.05, 3.63) is 71.7 Å². The molecule has 0 radical (unpaired) electrons. The van der Waals surface area contributed by atoms with Gasteiger partial charge in [0.15, 0.2) is 0 Å². The molecule has 0 unspecified atom stereocenters. The summed E-state index contributed by atoms with van der Waals surface area (Å²) in [5, 5.41) is 2.71. The third-order valence-electron chi connectivity index (χ3n) is 6.43. The molecule has 1 aromatic carbocycles. The Bertz CT molecular complexity index is 1070. The number of amides is 2. The average Bonchev–Trinajstić information content (AvgIpc) is 3.23. The van der Waals surface area contributed by atoms with Gasteiger partial charge in [0, 0.05) is 50.8 Å². The van der Waals surface area contributed by atoms with Crippen molar-refractivity contribution in [3.63, 3.8) is 0 Å². The summed E-state index contributed by atoms with van der Waals surface area (Å²) in [5.41, 5.74) is 4.35. The van der Waals surface area contributed by atoms with Gasteiger partial charge in [0.1, 0.15) is 5.65 Å². The number of imidazole rings is 1. The molecule has 0 bridgehead atoms. The summed E-state index contributed by atoms with van der Waals surface area (Å²) in [7, 11) is 0. The Morgan fingerprint density at radius 2 is 1.87 bits per heavy atom. The summed E-state index contributed by atoms with van der Waals surface area (Å²) in [6.45, 7) is 5.38. The third kappa shape index (κ3) is 4.33. The van der Waals surface area contributed by atoms with Gasteiger partial charge in [0.2, 0.25) is 11.8 Å². The van der Waals surface area contributed by atoms with E-state index in [0.29, 0.717) is 26.1 Å². The van der Waals surface area contributed by atoms with Gasteiger partial charge in [-0.2, -0.15) is 0 Å². The lowest BCUT2D eigenvalue weighted by atomic mass is 9.70. The van der Waals surface area contributed by atoms with Crippen molar-refractivity contribution >= 4 is 17.5 Å². The number of fused-ring (bicyclic) bond motifs is 1. The Balaban J connectivity index is 1.60. The molecular formula is C25H30N4O2. The Morgan fingerprint density at radius 3 is 2.55 bits per heavy atom. The summed E-state index contributed by atoms with van der Waals surface area (Å²) in [6, 6.07) is 14.8. The Hall–Kier alpha value is -3.15. The highest BCUT2D eigenvalue weighted by molar-refractivity contribution is 5.78. The number of carbonyl (C=O) groups is 2. The van der Waals surface area contributed by atoms with E-state index in [9.17, 15) is 9.59 Å². The van der Waals surface area contributed by atoms with E-state index in [1.807, 2.05) is 11.0 Å². The average molecular weight is 419 g/mol. The van der Waals surface area contributed by atoms with Gasteiger partial charge in [-0.15, -0.1) is 0 Å². The van der Waals surface area contributed by atoms with E-state index in [2.05, 4.69) is 65.4 Å². The van der Waals surface area contributed by atoms with Crippen LogP contribution < -0.4 is 5.32 Å². The quantitative estimate of drug-likeness (QED) is 0.668. The van der Waals surface area contributed by atoms with Crippen LogP contribution in [0.15, 0.2) is 54.9 Å². The fourth-order valence-corrected chi connectivity index (χ4v) is 4.57. The van der Waals surface area contributed by atoms with Crippen LogP contribution in [0.4, 0.5) is 0 Å². The van der Waals surface area contributed by atoms with Crippen molar-refractivity contribution in [3.8, 4) is 0 Å². The monoisotopic (exact) mass is 418 g/mol. The lowest BCUT2D eigenvalue weighted by Crippen LogP contribution is -2.46. The van der Waals surface area contributed by atoms with Crippen LogP contribution in [0.25, 0.3) is 5.65 Å². The van der Waals surface area contributed by atoms with E-state index in [-0.39, 0.29) is 17.2 Å². The van der Waals surface area contributed by atoms with Gasteiger partial charge in [-0.1, -0.05) is 37.3 Å². The second-order valence-corrected chi connectivity index (χ2v) is 8.34. The second-order valence-electron chi connectivity index (χ2n) is 8.34. The zero-order valence-electron chi connectivity index (χ0n) is 18.3. The molecule has 2 aromatic heterocycles. The van der Waals surface area contributed by atoms with E-state index in [4.69, 9.17) is 4.98 Å². The predicted octanol–water partition coefficient (Wildman–Crippen LogP) is 3.33. The van der Waals surface area contributed by atoms with Crippen LogP contribution in [0.2, 0.25) is 0 Å². The van der Waals surface area contributed by atoms with Crippen LogP contribution in [0.5, 0.6) is 0 Å². The molecule has 0 saturated carbocycles. The molecule has 3 heterocycles. The first-order valence-corrected chi connectivity index (χ1v) is 11.1. The van der Waals surface area contributed by atoms with Gasteiger partial charge >= 0.3 is 0 Å². The molecule has 4 rings (SSSR count). The zero-order chi connectivity index (χ0) is 21.8. The Kier molecular flexibility index (Phi) is 6.07. The molecule has 1 aliphatic heterocycles. The van der Waals surface area contributed by atoms with Crippen molar-refractivity contribution in [2.45, 2.75) is 44.9 Å². The highest BCUT2D eigenvalue weighted by Gasteiger charge is 2.40. The summed E-state index contributed by atoms with van der Waals surface area (Å²) < 4.78 is 2.10. The van der Waals surface area contributed by atoms with Crippen molar-refractivity contribution in [1.82, 2.24) is 19.6 Å². The van der Waals surface area contributed by atoms with Gasteiger partial charge in [-0.3, -0.25) is 9.59 Å². The minimum atomic E-state index is -0.214. The molecule has 1 aliphatic rings. The highest BCUT2D eigenvalue weighted by Crippen LogP contribution is 2.41. The van der Waals surface area contributed by atoms with Gasteiger partial charge in [-0.05, 0) is 42.5 Å². The van der Waals surface area contributed by atoms with Crippen LogP contribution in [-0.2, 0) is 21.4 Å². The molecule has 0 aliphatic carbocycles. The molecule has 31 heavy (non-hydrogen) atoms. The van der Waals surface area contributed by atoms with Crippen LogP contribution in [0.1, 0.15) is 49.9 Å². The topological polar surface area (TPSA) is 66.7 Å². The van der Waals surface area contributed by atoms with Crippen molar-refractivity contribution in [2.24, 2.45) is 0 Å². The maximum absolute atomic E-state index is 12.6. The predicted molar refractivity (Wildman–Crippen MR) is 121 cm³/mol. The molecule has 1 fully saturated rings. The van der Waals surface area contributed by atoms with Crippen molar-refractivity contribution in [1.29, 1.82) is 0 Å². The smallest absolute Gasteiger partial charge is 0.224 e. The van der Waals surface area contributed by atoms with E-state index in [1.54, 1.807) is 0 Å². The third-order valence-corrected chi connectivity index (χ3v) is 6.43. The van der Waals surface area contributed by atoms with E-state index in [1.165, 1.54) is 18.1 Å². The van der Waals surface area contributed by atoms with Crippen molar-refractivity contribution < 1.29 is 9.59 Å². The SMILES string of the molecule is CCc1ccn2cc(C3(c4ccccc4)CCN(C(=O)CCNC(C)=O)CC3)nc2c1. The second kappa shape index (κ2) is 8.92. The number of carbonyl (C=O) groups excluding carboxylic acids is 2. The minimum absolute atomic E-state index is 0.0954. The Morgan fingerprint density at radius 1 is 1.13 bits per heavy atom. The molecule has 1 saturated heterocycles. The Labute approximate surface area is 183 Å². The summed E-state index contributed by atoms with van der Waals surface area (Å²) in [6.07, 6.45) is 7.21.